The third-order valence-electron chi connectivity index (χ3n) is 2.82. The highest BCUT2D eigenvalue weighted by Gasteiger charge is 2.12. The summed E-state index contributed by atoms with van der Waals surface area (Å²) in [6, 6.07) is 9.87. The number of imidazole rings is 1. The third-order valence-corrected chi connectivity index (χ3v) is 3.14. The standard InChI is InChI=1S/C13H14N2O2S/c1-9-12(10-6-4-3-5-7-10)14-13(18)15(9)8-11(16)17-2/h3-7H,8H2,1-2H3,(H,14,18). The van der Waals surface area contributed by atoms with E-state index in [1.165, 1.54) is 7.11 Å². The molecule has 0 atom stereocenters. The molecule has 2 rings (SSSR count). The second-order valence-electron chi connectivity index (χ2n) is 3.92. The Balaban J connectivity index is 2.44. The van der Waals surface area contributed by atoms with Gasteiger partial charge in [0.15, 0.2) is 4.77 Å². The number of carbonyl (C=O) groups is 1. The lowest BCUT2D eigenvalue weighted by Gasteiger charge is -2.04. The van der Waals surface area contributed by atoms with E-state index in [1.54, 1.807) is 4.57 Å². The normalized spacial score (nSPS) is 10.3. The number of rotatable bonds is 3. The van der Waals surface area contributed by atoms with Crippen molar-refractivity contribution in [1.82, 2.24) is 9.55 Å². The van der Waals surface area contributed by atoms with Gasteiger partial charge in [-0.05, 0) is 24.7 Å². The van der Waals surface area contributed by atoms with Gasteiger partial charge in [-0.15, -0.1) is 0 Å². The number of nitrogens with zero attached hydrogens (tertiary/aromatic N) is 1. The minimum Gasteiger partial charge on any atom is -0.468 e. The average molecular weight is 262 g/mol. The third kappa shape index (κ3) is 2.36. The Labute approximate surface area is 110 Å². The van der Waals surface area contributed by atoms with E-state index in [-0.39, 0.29) is 12.5 Å². The maximum Gasteiger partial charge on any atom is 0.325 e. The fourth-order valence-corrected chi connectivity index (χ4v) is 2.13. The van der Waals surface area contributed by atoms with Gasteiger partial charge in [0.1, 0.15) is 6.54 Å². The molecule has 0 saturated carbocycles. The first-order chi connectivity index (χ1) is 8.63. The van der Waals surface area contributed by atoms with Gasteiger partial charge >= 0.3 is 5.97 Å². The smallest absolute Gasteiger partial charge is 0.325 e. The highest BCUT2D eigenvalue weighted by molar-refractivity contribution is 7.71. The van der Waals surface area contributed by atoms with E-state index in [9.17, 15) is 4.79 Å². The van der Waals surface area contributed by atoms with Crippen molar-refractivity contribution in [1.29, 1.82) is 0 Å². The molecule has 0 aliphatic carbocycles. The number of carbonyl (C=O) groups excluding carboxylic acids is 1. The number of ether oxygens (including phenoxy) is 1. The van der Waals surface area contributed by atoms with Gasteiger partial charge in [-0.25, -0.2) is 0 Å². The summed E-state index contributed by atoms with van der Waals surface area (Å²) in [5.41, 5.74) is 2.91. The number of aromatic nitrogens is 2. The largest absolute Gasteiger partial charge is 0.468 e. The van der Waals surface area contributed by atoms with Crippen LogP contribution in [0.15, 0.2) is 30.3 Å². The topological polar surface area (TPSA) is 47.0 Å². The Morgan fingerprint density at radius 2 is 2.06 bits per heavy atom. The van der Waals surface area contributed by atoms with Crippen LogP contribution in [0.5, 0.6) is 0 Å². The zero-order valence-corrected chi connectivity index (χ0v) is 11.1. The molecule has 0 aliphatic heterocycles. The number of hydrogen-bond acceptors (Lipinski definition) is 3. The number of benzene rings is 1. The Hall–Kier alpha value is -1.88. The number of hydrogen-bond donors (Lipinski definition) is 1. The van der Waals surface area contributed by atoms with E-state index in [2.05, 4.69) is 9.72 Å². The summed E-state index contributed by atoms with van der Waals surface area (Å²) in [7, 11) is 1.37. The van der Waals surface area contributed by atoms with E-state index < -0.39 is 0 Å². The molecule has 2 aromatic rings. The number of esters is 1. The van der Waals surface area contributed by atoms with Crippen LogP contribution in [0.4, 0.5) is 0 Å². The van der Waals surface area contributed by atoms with Crippen molar-refractivity contribution >= 4 is 18.2 Å². The zero-order chi connectivity index (χ0) is 13.1. The van der Waals surface area contributed by atoms with Crippen molar-refractivity contribution in [2.24, 2.45) is 0 Å². The summed E-state index contributed by atoms with van der Waals surface area (Å²) in [5.74, 6) is -0.312. The van der Waals surface area contributed by atoms with Crippen molar-refractivity contribution in [2.45, 2.75) is 13.5 Å². The molecule has 1 N–H and O–H groups in total. The lowest BCUT2D eigenvalue weighted by molar-refractivity contribution is -0.141. The van der Waals surface area contributed by atoms with Crippen LogP contribution < -0.4 is 0 Å². The molecule has 0 radical (unpaired) electrons. The predicted octanol–water partition coefficient (Wildman–Crippen LogP) is 2.69. The molecular weight excluding hydrogens is 248 g/mol. The van der Waals surface area contributed by atoms with Crippen LogP contribution in [0.2, 0.25) is 0 Å². The molecule has 0 fully saturated rings. The van der Waals surface area contributed by atoms with Crippen LogP contribution in [0, 0.1) is 11.7 Å². The summed E-state index contributed by atoms with van der Waals surface area (Å²) in [5, 5.41) is 0. The summed E-state index contributed by atoms with van der Waals surface area (Å²) >= 11 is 5.23. The maximum atomic E-state index is 11.3. The molecule has 0 unspecified atom stereocenters. The van der Waals surface area contributed by atoms with Gasteiger partial charge in [-0.3, -0.25) is 4.79 Å². The summed E-state index contributed by atoms with van der Waals surface area (Å²) < 4.78 is 6.92. The van der Waals surface area contributed by atoms with E-state index >= 15 is 0 Å². The number of aromatic amines is 1. The van der Waals surface area contributed by atoms with Crippen LogP contribution in [0.1, 0.15) is 5.69 Å². The van der Waals surface area contributed by atoms with Crippen molar-refractivity contribution in [3.63, 3.8) is 0 Å². The number of nitrogens with one attached hydrogen (secondary N) is 1. The molecular formula is C13H14N2O2S. The van der Waals surface area contributed by atoms with Crippen LogP contribution >= 0.6 is 12.2 Å². The molecule has 18 heavy (non-hydrogen) atoms. The first kappa shape index (κ1) is 12.6. The van der Waals surface area contributed by atoms with E-state index in [0.29, 0.717) is 4.77 Å². The highest BCUT2D eigenvalue weighted by Crippen LogP contribution is 2.21. The average Bonchev–Trinajstić information content (AvgIpc) is 2.67. The maximum absolute atomic E-state index is 11.3. The Kier molecular flexibility index (Phi) is 3.62. The molecule has 0 amide bonds. The number of H-pyrrole nitrogens is 1. The number of methoxy groups -OCH3 is 1. The van der Waals surface area contributed by atoms with E-state index in [1.807, 2.05) is 37.3 Å². The first-order valence-electron chi connectivity index (χ1n) is 5.55. The SMILES string of the molecule is COC(=O)Cn1c(C)c(-c2ccccc2)[nH]c1=S. The van der Waals surface area contributed by atoms with Crippen LogP contribution in [-0.2, 0) is 16.1 Å². The lowest BCUT2D eigenvalue weighted by atomic mass is 10.1. The molecule has 1 aromatic carbocycles. The second-order valence-corrected chi connectivity index (χ2v) is 4.31. The van der Waals surface area contributed by atoms with E-state index in [4.69, 9.17) is 12.2 Å². The van der Waals surface area contributed by atoms with Crippen molar-refractivity contribution in [3.8, 4) is 11.3 Å². The molecule has 1 aromatic heterocycles. The summed E-state index contributed by atoms with van der Waals surface area (Å²) in [6.45, 7) is 2.06. The lowest BCUT2D eigenvalue weighted by Crippen LogP contribution is -2.12. The minimum absolute atomic E-state index is 0.129. The quantitative estimate of drug-likeness (QED) is 0.683. The van der Waals surface area contributed by atoms with Crippen LogP contribution in [0.3, 0.4) is 0 Å². The molecule has 0 aliphatic rings. The van der Waals surface area contributed by atoms with Gasteiger partial charge < -0.3 is 14.3 Å². The Morgan fingerprint density at radius 3 is 2.67 bits per heavy atom. The van der Waals surface area contributed by atoms with E-state index in [0.717, 1.165) is 17.0 Å². The minimum atomic E-state index is -0.312. The van der Waals surface area contributed by atoms with Gasteiger partial charge in [0.2, 0.25) is 0 Å². The van der Waals surface area contributed by atoms with Crippen LogP contribution in [0.25, 0.3) is 11.3 Å². The molecule has 4 nitrogen and oxygen atoms in total. The monoisotopic (exact) mass is 262 g/mol. The van der Waals surface area contributed by atoms with Crippen molar-refractivity contribution in [2.75, 3.05) is 7.11 Å². The second kappa shape index (κ2) is 5.18. The Morgan fingerprint density at radius 1 is 1.39 bits per heavy atom. The van der Waals surface area contributed by atoms with Gasteiger partial charge in [0, 0.05) is 5.69 Å². The van der Waals surface area contributed by atoms with Gasteiger partial charge in [-0.1, -0.05) is 30.3 Å². The highest BCUT2D eigenvalue weighted by atomic mass is 32.1. The van der Waals surface area contributed by atoms with Gasteiger partial charge in [-0.2, -0.15) is 0 Å². The molecule has 5 heteroatoms. The molecule has 0 spiro atoms. The fourth-order valence-electron chi connectivity index (χ4n) is 1.82. The fraction of sp³-hybridized carbons (Fsp3) is 0.231. The van der Waals surface area contributed by atoms with Gasteiger partial charge in [0.05, 0.1) is 12.8 Å². The van der Waals surface area contributed by atoms with Crippen molar-refractivity contribution in [3.05, 3.63) is 40.8 Å². The first-order valence-corrected chi connectivity index (χ1v) is 5.96. The summed E-state index contributed by atoms with van der Waals surface area (Å²) in [6.07, 6.45) is 0. The molecule has 0 bridgehead atoms. The van der Waals surface area contributed by atoms with Crippen molar-refractivity contribution < 1.29 is 9.53 Å². The molecule has 0 saturated heterocycles. The zero-order valence-electron chi connectivity index (χ0n) is 10.3. The summed E-state index contributed by atoms with van der Waals surface area (Å²) in [4.78, 5) is 14.5. The Bertz CT molecular complexity index is 614. The predicted molar refractivity (Wildman–Crippen MR) is 71.8 cm³/mol. The molecule has 94 valence electrons. The molecule has 1 heterocycles. The van der Waals surface area contributed by atoms with Crippen LogP contribution in [-0.4, -0.2) is 22.6 Å². The van der Waals surface area contributed by atoms with Gasteiger partial charge in [0.25, 0.3) is 0 Å².